The Hall–Kier alpha value is -4.78. The number of imidazole rings is 1. The third kappa shape index (κ3) is 7.79. The number of carboxylic acid groups (broad SMARTS) is 1. The summed E-state index contributed by atoms with van der Waals surface area (Å²) in [5.74, 6) is -0.583. The van der Waals surface area contributed by atoms with Gasteiger partial charge in [-0.25, -0.2) is 9.78 Å². The quantitative estimate of drug-likeness (QED) is 0.150. The molecule has 0 saturated heterocycles. The maximum absolute atomic E-state index is 12.8. The van der Waals surface area contributed by atoms with Crippen molar-refractivity contribution in [2.24, 2.45) is 0 Å². The van der Waals surface area contributed by atoms with Crippen molar-refractivity contribution in [3.63, 3.8) is 0 Å². The van der Waals surface area contributed by atoms with Crippen molar-refractivity contribution in [1.82, 2.24) is 9.55 Å². The van der Waals surface area contributed by atoms with E-state index in [4.69, 9.17) is 32.9 Å². The van der Waals surface area contributed by atoms with Crippen LogP contribution in [0.5, 0.6) is 11.5 Å². The highest BCUT2D eigenvalue weighted by molar-refractivity contribution is 7.93. The third-order valence-corrected chi connectivity index (χ3v) is 8.53. The lowest BCUT2D eigenvalue weighted by Gasteiger charge is -2.14. The topological polar surface area (TPSA) is 111 Å². The van der Waals surface area contributed by atoms with Gasteiger partial charge in [0.2, 0.25) is 0 Å². The second-order valence-corrected chi connectivity index (χ2v) is 12.6. The molecule has 0 aliphatic carbocycles. The Balaban J connectivity index is 1.27. The molecular weight excluding hydrogens is 678 g/mol. The fourth-order valence-corrected chi connectivity index (χ4v) is 5.60. The van der Waals surface area contributed by atoms with E-state index in [1.54, 1.807) is 36.4 Å². The number of nitrogens with zero attached hydrogens (tertiary/aromatic N) is 2. The van der Waals surface area contributed by atoms with Crippen LogP contribution in [0.2, 0.25) is 10.0 Å². The zero-order chi connectivity index (χ0) is 33.9. The lowest BCUT2D eigenvalue weighted by molar-refractivity contribution is -0.0429. The van der Waals surface area contributed by atoms with Gasteiger partial charge in [0.05, 0.1) is 22.0 Å². The molecule has 0 saturated carbocycles. The van der Waals surface area contributed by atoms with Gasteiger partial charge in [-0.15, -0.1) is 0 Å². The van der Waals surface area contributed by atoms with Crippen LogP contribution in [0.25, 0.3) is 34.5 Å². The number of hydrogen-bond acceptors (Lipinski definition) is 5. The molecule has 5 aromatic rings. The van der Waals surface area contributed by atoms with Crippen molar-refractivity contribution in [3.8, 4) is 33.9 Å². The van der Waals surface area contributed by atoms with E-state index in [1.807, 2.05) is 60.2 Å². The van der Waals surface area contributed by atoms with Crippen molar-refractivity contribution >= 4 is 57.0 Å². The molecule has 0 aliphatic rings. The highest BCUT2D eigenvalue weighted by Gasteiger charge is 2.46. The van der Waals surface area contributed by atoms with Gasteiger partial charge in [-0.1, -0.05) is 65.7 Å². The minimum atomic E-state index is -5.81. The van der Waals surface area contributed by atoms with Gasteiger partial charge in [0.1, 0.15) is 17.3 Å². The van der Waals surface area contributed by atoms with E-state index in [2.05, 4.69) is 0 Å². The summed E-state index contributed by atoms with van der Waals surface area (Å²) in [6.45, 7) is 2.74. The minimum absolute atomic E-state index is 0.0201. The number of sulfonamides is 1. The number of anilines is 1. The summed E-state index contributed by atoms with van der Waals surface area (Å²) in [6, 6.07) is 22.9. The first kappa shape index (κ1) is 33.6. The van der Waals surface area contributed by atoms with E-state index in [-0.39, 0.29) is 5.75 Å². The molecule has 0 unspecified atom stereocenters. The first-order valence-electron chi connectivity index (χ1n) is 13.8. The number of rotatable bonds is 10. The van der Waals surface area contributed by atoms with Gasteiger partial charge in [0, 0.05) is 23.3 Å². The minimum Gasteiger partial charge on any atom is -0.478 e. The SMILES string of the molecule is CCn1cc(-c2ccc(Cl)cc2Cl)nc1C=Cc1ccc(-c2ccc(Oc3ccc(NS(=O)(=O)C(F)(F)F)c(C(=O)O)c3)cc2)cc1. The molecule has 2 N–H and O–H groups in total. The first-order valence-corrected chi connectivity index (χ1v) is 16.0. The molecule has 0 aliphatic heterocycles. The fraction of sp³-hybridized carbons (Fsp3) is 0.0909. The molecule has 0 fully saturated rings. The highest BCUT2D eigenvalue weighted by Crippen LogP contribution is 2.33. The van der Waals surface area contributed by atoms with Crippen LogP contribution < -0.4 is 9.46 Å². The van der Waals surface area contributed by atoms with E-state index in [0.717, 1.165) is 52.0 Å². The summed E-state index contributed by atoms with van der Waals surface area (Å²) in [5, 5.41) is 10.5. The number of halogens is 5. The molecule has 0 bridgehead atoms. The van der Waals surface area contributed by atoms with Crippen molar-refractivity contribution in [1.29, 1.82) is 0 Å². The average Bonchev–Trinajstić information content (AvgIpc) is 3.43. The van der Waals surface area contributed by atoms with Crippen LogP contribution in [0.1, 0.15) is 28.7 Å². The van der Waals surface area contributed by atoms with E-state index < -0.39 is 32.8 Å². The zero-order valence-electron chi connectivity index (χ0n) is 24.3. The standard InChI is InChI=1S/C33H24Cl2F3N3O5S/c1-2-41-19-30(26-14-10-23(34)17-28(26)35)39-31(41)16-5-20-3-6-21(7-4-20)22-8-11-24(12-9-22)46-25-13-15-29(27(18-25)32(42)43)40-47(44,45)33(36,37)38/h3-19,40H,2H2,1H3,(H,42,43). The number of aryl methyl sites for hydroxylation is 1. The molecule has 0 atom stereocenters. The molecule has 14 heteroatoms. The number of alkyl halides is 3. The van der Waals surface area contributed by atoms with Crippen LogP contribution in [0.15, 0.2) is 91.1 Å². The predicted molar refractivity (Wildman–Crippen MR) is 176 cm³/mol. The molecule has 5 rings (SSSR count). The number of hydrogen-bond donors (Lipinski definition) is 2. The van der Waals surface area contributed by atoms with E-state index >= 15 is 0 Å². The Bertz CT molecular complexity index is 2080. The van der Waals surface area contributed by atoms with Gasteiger partial charge < -0.3 is 14.4 Å². The maximum Gasteiger partial charge on any atom is 0.516 e. The first-order chi connectivity index (χ1) is 22.2. The molecule has 1 aromatic heterocycles. The molecule has 0 radical (unpaired) electrons. The van der Waals surface area contributed by atoms with Gasteiger partial charge in [0.25, 0.3) is 0 Å². The van der Waals surface area contributed by atoms with E-state index in [1.165, 1.54) is 4.72 Å². The second-order valence-electron chi connectivity index (χ2n) is 10.0. The molecule has 0 amide bonds. The number of aromatic nitrogens is 2. The Morgan fingerprint density at radius 1 is 0.936 bits per heavy atom. The fourth-order valence-electron chi connectivity index (χ4n) is 4.51. The van der Waals surface area contributed by atoms with Crippen molar-refractivity contribution in [2.45, 2.75) is 19.0 Å². The van der Waals surface area contributed by atoms with E-state index in [0.29, 0.717) is 22.3 Å². The van der Waals surface area contributed by atoms with Gasteiger partial charge in [0.15, 0.2) is 0 Å². The van der Waals surface area contributed by atoms with Crippen LogP contribution in [0, 0.1) is 0 Å². The zero-order valence-corrected chi connectivity index (χ0v) is 26.6. The normalized spacial score (nSPS) is 12.0. The number of carboxylic acids is 1. The second kappa shape index (κ2) is 13.5. The summed E-state index contributed by atoms with van der Waals surface area (Å²) >= 11 is 12.4. The summed E-state index contributed by atoms with van der Waals surface area (Å²) < 4.78 is 70.1. The van der Waals surface area contributed by atoms with Crippen LogP contribution in [-0.4, -0.2) is 34.6 Å². The molecule has 8 nitrogen and oxygen atoms in total. The molecule has 4 aromatic carbocycles. The third-order valence-electron chi connectivity index (χ3n) is 6.88. The number of ether oxygens (including phenoxy) is 1. The van der Waals surface area contributed by atoms with Crippen molar-refractivity contribution in [3.05, 3.63) is 118 Å². The number of benzene rings is 4. The van der Waals surface area contributed by atoms with Gasteiger partial charge >= 0.3 is 21.5 Å². The van der Waals surface area contributed by atoms with Crippen molar-refractivity contribution in [2.75, 3.05) is 4.72 Å². The Labute approximate surface area is 277 Å². The highest BCUT2D eigenvalue weighted by atomic mass is 35.5. The smallest absolute Gasteiger partial charge is 0.478 e. The lowest BCUT2D eigenvalue weighted by Crippen LogP contribution is -2.30. The summed E-state index contributed by atoms with van der Waals surface area (Å²) in [5.41, 5.74) is -2.83. The largest absolute Gasteiger partial charge is 0.516 e. The van der Waals surface area contributed by atoms with Crippen LogP contribution in [-0.2, 0) is 16.6 Å². The molecule has 1 heterocycles. The summed E-state index contributed by atoms with van der Waals surface area (Å²) in [4.78, 5) is 16.4. The number of nitrogens with one attached hydrogen (secondary N) is 1. The monoisotopic (exact) mass is 701 g/mol. The Morgan fingerprint density at radius 2 is 1.57 bits per heavy atom. The van der Waals surface area contributed by atoms with Crippen molar-refractivity contribution < 1.29 is 36.2 Å². The molecule has 0 spiro atoms. The number of aromatic carboxylic acids is 1. The van der Waals surface area contributed by atoms with Gasteiger partial charge in [-0.3, -0.25) is 4.72 Å². The average molecular weight is 703 g/mol. The van der Waals surface area contributed by atoms with Gasteiger partial charge in [-0.05, 0) is 78.2 Å². The Morgan fingerprint density at radius 3 is 2.17 bits per heavy atom. The van der Waals surface area contributed by atoms with Gasteiger partial charge in [-0.2, -0.15) is 21.6 Å². The molecular formula is C33H24Cl2F3N3O5S. The molecule has 47 heavy (non-hydrogen) atoms. The van der Waals surface area contributed by atoms with Crippen LogP contribution in [0.4, 0.5) is 18.9 Å². The van der Waals surface area contributed by atoms with Crippen LogP contribution >= 0.6 is 23.2 Å². The summed E-state index contributed by atoms with van der Waals surface area (Å²) in [7, 11) is -5.81. The predicted octanol–water partition coefficient (Wildman–Crippen LogP) is 9.47. The summed E-state index contributed by atoms with van der Waals surface area (Å²) in [6.07, 6.45) is 5.81. The Kier molecular flexibility index (Phi) is 9.66. The maximum atomic E-state index is 12.8. The molecule has 242 valence electrons. The van der Waals surface area contributed by atoms with E-state index in [9.17, 15) is 31.5 Å². The lowest BCUT2D eigenvalue weighted by atomic mass is 10.0. The van der Waals surface area contributed by atoms with Crippen LogP contribution in [0.3, 0.4) is 0 Å². The number of carbonyl (C=O) groups is 1.